The van der Waals surface area contributed by atoms with Crippen molar-refractivity contribution >= 4 is 11.8 Å². The average Bonchev–Trinajstić information content (AvgIpc) is 2.59. The Balaban J connectivity index is 1.69. The zero-order chi connectivity index (χ0) is 16.5. The molecule has 126 valence electrons. The number of hydrogen-bond donors (Lipinski definition) is 1. The van der Waals surface area contributed by atoms with Crippen LogP contribution in [0, 0.1) is 0 Å². The quantitative estimate of drug-likeness (QED) is 0.738. The van der Waals surface area contributed by atoms with Crippen LogP contribution in [0.15, 0.2) is 24.5 Å². The smallest absolute Gasteiger partial charge is 0.253 e. The second kappa shape index (κ2) is 9.22. The van der Waals surface area contributed by atoms with Crippen LogP contribution < -0.4 is 5.32 Å². The van der Waals surface area contributed by atoms with Crippen LogP contribution in [0.1, 0.15) is 23.2 Å². The minimum atomic E-state index is -0.125. The number of aromatic nitrogens is 1. The van der Waals surface area contributed by atoms with E-state index in [0.29, 0.717) is 31.9 Å². The Hall–Kier alpha value is -1.99. The summed E-state index contributed by atoms with van der Waals surface area (Å²) >= 11 is 0. The molecule has 0 saturated carbocycles. The molecule has 2 rings (SSSR count). The van der Waals surface area contributed by atoms with E-state index in [9.17, 15) is 9.59 Å². The largest absolute Gasteiger partial charge is 0.382 e. The van der Waals surface area contributed by atoms with Gasteiger partial charge in [-0.15, -0.1) is 0 Å². The fourth-order valence-corrected chi connectivity index (χ4v) is 2.48. The van der Waals surface area contributed by atoms with Gasteiger partial charge in [-0.25, -0.2) is 0 Å². The summed E-state index contributed by atoms with van der Waals surface area (Å²) in [5.41, 5.74) is 0.647. The highest BCUT2D eigenvalue weighted by Crippen LogP contribution is 2.13. The van der Waals surface area contributed by atoms with E-state index >= 15 is 0 Å². The molecule has 1 N–H and O–H groups in total. The predicted molar refractivity (Wildman–Crippen MR) is 84.0 cm³/mol. The third-order valence-corrected chi connectivity index (χ3v) is 3.74. The molecule has 1 aliphatic rings. The summed E-state index contributed by atoms with van der Waals surface area (Å²) in [5.74, 6) is -0.111. The standard InChI is InChI=1S/C16H23N3O4/c1-22-10-11-23-12-15(20)18-14-4-8-19(9-5-14)16(21)13-2-6-17-7-3-13/h2-3,6-7,14H,4-5,8-12H2,1H3,(H,18,20). The summed E-state index contributed by atoms with van der Waals surface area (Å²) in [6.07, 6.45) is 4.73. The van der Waals surface area contributed by atoms with Crippen molar-refractivity contribution in [3.05, 3.63) is 30.1 Å². The van der Waals surface area contributed by atoms with E-state index in [-0.39, 0.29) is 24.5 Å². The molecule has 0 aliphatic carbocycles. The number of ether oxygens (including phenoxy) is 2. The lowest BCUT2D eigenvalue weighted by molar-refractivity contribution is -0.127. The van der Waals surface area contributed by atoms with E-state index in [1.165, 1.54) is 0 Å². The molecule has 0 spiro atoms. The molecule has 0 bridgehead atoms. The number of hydrogen-bond acceptors (Lipinski definition) is 5. The number of pyridine rings is 1. The summed E-state index contributed by atoms with van der Waals surface area (Å²) in [4.78, 5) is 29.8. The van der Waals surface area contributed by atoms with E-state index in [1.807, 2.05) is 4.90 Å². The lowest BCUT2D eigenvalue weighted by atomic mass is 10.0. The normalized spacial score (nSPS) is 15.4. The van der Waals surface area contributed by atoms with Gasteiger partial charge in [-0.2, -0.15) is 0 Å². The Morgan fingerprint density at radius 2 is 1.96 bits per heavy atom. The van der Waals surface area contributed by atoms with Crippen LogP contribution in [0.4, 0.5) is 0 Å². The van der Waals surface area contributed by atoms with Gasteiger partial charge in [0.1, 0.15) is 6.61 Å². The topological polar surface area (TPSA) is 80.8 Å². The van der Waals surface area contributed by atoms with Crippen molar-refractivity contribution in [2.24, 2.45) is 0 Å². The second-order valence-electron chi connectivity index (χ2n) is 5.42. The second-order valence-corrected chi connectivity index (χ2v) is 5.42. The summed E-state index contributed by atoms with van der Waals surface area (Å²) in [6, 6.07) is 3.52. The van der Waals surface area contributed by atoms with E-state index in [2.05, 4.69) is 10.3 Å². The fourth-order valence-electron chi connectivity index (χ4n) is 2.48. The highest BCUT2D eigenvalue weighted by atomic mass is 16.5. The van der Waals surface area contributed by atoms with Crippen molar-refractivity contribution in [2.45, 2.75) is 18.9 Å². The van der Waals surface area contributed by atoms with Gasteiger partial charge in [0.15, 0.2) is 0 Å². The van der Waals surface area contributed by atoms with E-state index in [0.717, 1.165) is 12.8 Å². The summed E-state index contributed by atoms with van der Waals surface area (Å²) in [7, 11) is 1.59. The van der Waals surface area contributed by atoms with E-state index in [4.69, 9.17) is 9.47 Å². The third kappa shape index (κ3) is 5.61. The Morgan fingerprint density at radius 1 is 1.26 bits per heavy atom. The molecule has 0 aromatic carbocycles. The average molecular weight is 321 g/mol. The number of amides is 2. The molecule has 0 unspecified atom stereocenters. The lowest BCUT2D eigenvalue weighted by Gasteiger charge is -2.32. The van der Waals surface area contributed by atoms with Gasteiger partial charge in [0, 0.05) is 44.2 Å². The van der Waals surface area contributed by atoms with E-state index < -0.39 is 0 Å². The SMILES string of the molecule is COCCOCC(=O)NC1CCN(C(=O)c2ccncc2)CC1. The maximum atomic E-state index is 12.3. The van der Waals surface area contributed by atoms with Crippen molar-refractivity contribution < 1.29 is 19.1 Å². The maximum Gasteiger partial charge on any atom is 0.253 e. The van der Waals surface area contributed by atoms with Gasteiger partial charge in [0.25, 0.3) is 5.91 Å². The van der Waals surface area contributed by atoms with Crippen molar-refractivity contribution in [1.82, 2.24) is 15.2 Å². The summed E-state index contributed by atoms with van der Waals surface area (Å²) in [6.45, 7) is 2.19. The number of nitrogens with one attached hydrogen (secondary N) is 1. The first-order chi connectivity index (χ1) is 11.2. The van der Waals surface area contributed by atoms with Gasteiger partial charge in [0.2, 0.25) is 5.91 Å². The first-order valence-corrected chi connectivity index (χ1v) is 7.76. The summed E-state index contributed by atoms with van der Waals surface area (Å²) in [5, 5.41) is 2.94. The molecule has 1 saturated heterocycles. The molecular formula is C16H23N3O4. The zero-order valence-electron chi connectivity index (χ0n) is 13.4. The molecule has 0 radical (unpaired) electrons. The Bertz CT molecular complexity index is 501. The lowest BCUT2D eigenvalue weighted by Crippen LogP contribution is -2.47. The van der Waals surface area contributed by atoms with Crippen LogP contribution in [0.3, 0.4) is 0 Å². The molecule has 1 aliphatic heterocycles. The number of likely N-dealkylation sites (tertiary alicyclic amines) is 1. The monoisotopic (exact) mass is 321 g/mol. The first kappa shape index (κ1) is 17.4. The highest BCUT2D eigenvalue weighted by molar-refractivity contribution is 5.94. The van der Waals surface area contributed by atoms with Crippen molar-refractivity contribution in [1.29, 1.82) is 0 Å². The first-order valence-electron chi connectivity index (χ1n) is 7.76. The number of rotatable bonds is 7. The number of nitrogens with zero attached hydrogens (tertiary/aromatic N) is 2. The Kier molecular flexibility index (Phi) is 6.96. The Morgan fingerprint density at radius 3 is 2.61 bits per heavy atom. The molecule has 1 aromatic heterocycles. The maximum absolute atomic E-state index is 12.3. The fraction of sp³-hybridized carbons (Fsp3) is 0.562. The van der Waals surface area contributed by atoms with Gasteiger partial charge >= 0.3 is 0 Å². The number of methoxy groups -OCH3 is 1. The zero-order valence-corrected chi connectivity index (χ0v) is 13.4. The molecular weight excluding hydrogens is 298 g/mol. The molecule has 2 heterocycles. The Labute approximate surface area is 136 Å². The van der Waals surface area contributed by atoms with Crippen LogP contribution in [-0.4, -0.2) is 67.8 Å². The number of piperidine rings is 1. The van der Waals surface area contributed by atoms with Crippen LogP contribution in [-0.2, 0) is 14.3 Å². The molecule has 7 nitrogen and oxygen atoms in total. The molecule has 1 aromatic rings. The van der Waals surface area contributed by atoms with Crippen LogP contribution in [0.2, 0.25) is 0 Å². The predicted octanol–water partition coefficient (Wildman–Crippen LogP) is 0.465. The van der Waals surface area contributed by atoms with Crippen LogP contribution in [0.25, 0.3) is 0 Å². The van der Waals surface area contributed by atoms with Gasteiger partial charge in [-0.3, -0.25) is 14.6 Å². The minimum Gasteiger partial charge on any atom is -0.382 e. The van der Waals surface area contributed by atoms with Crippen molar-refractivity contribution in [3.63, 3.8) is 0 Å². The van der Waals surface area contributed by atoms with Crippen LogP contribution >= 0.6 is 0 Å². The number of carbonyl (C=O) groups excluding carboxylic acids is 2. The van der Waals surface area contributed by atoms with Crippen molar-refractivity contribution in [2.75, 3.05) is 40.0 Å². The molecule has 1 fully saturated rings. The van der Waals surface area contributed by atoms with E-state index in [1.54, 1.807) is 31.6 Å². The highest BCUT2D eigenvalue weighted by Gasteiger charge is 2.24. The van der Waals surface area contributed by atoms with Gasteiger partial charge in [0.05, 0.1) is 13.2 Å². The molecule has 7 heteroatoms. The summed E-state index contributed by atoms with van der Waals surface area (Å²) < 4.78 is 10.0. The van der Waals surface area contributed by atoms with Gasteiger partial charge in [-0.05, 0) is 25.0 Å². The van der Waals surface area contributed by atoms with Gasteiger partial charge in [-0.1, -0.05) is 0 Å². The molecule has 0 atom stereocenters. The van der Waals surface area contributed by atoms with Gasteiger partial charge < -0.3 is 19.7 Å². The van der Waals surface area contributed by atoms with Crippen LogP contribution in [0.5, 0.6) is 0 Å². The molecule has 23 heavy (non-hydrogen) atoms. The third-order valence-electron chi connectivity index (χ3n) is 3.74. The number of carbonyl (C=O) groups is 2. The molecule has 2 amide bonds. The van der Waals surface area contributed by atoms with Crippen molar-refractivity contribution in [3.8, 4) is 0 Å². The minimum absolute atomic E-state index is 0.0140.